The van der Waals surface area contributed by atoms with Crippen molar-refractivity contribution in [2.45, 2.75) is 13.5 Å². The largest absolute Gasteiger partial charge is 0.305 e. The third kappa shape index (κ3) is 3.30. The van der Waals surface area contributed by atoms with Gasteiger partial charge < -0.3 is 4.84 Å². The Labute approximate surface area is 83.5 Å². The van der Waals surface area contributed by atoms with E-state index in [2.05, 4.69) is 10.3 Å². The molecule has 0 fully saturated rings. The molecule has 4 heteroatoms. The van der Waals surface area contributed by atoms with Gasteiger partial charge in [-0.2, -0.15) is 5.48 Å². The van der Waals surface area contributed by atoms with Crippen LogP contribution in [0.3, 0.4) is 0 Å². The monoisotopic (exact) mass is 205 g/mol. The first kappa shape index (κ1) is 12.4. The second kappa shape index (κ2) is 5.91. The number of hydrogen-bond donors (Lipinski definition) is 1. The van der Waals surface area contributed by atoms with E-state index in [1.165, 1.54) is 13.2 Å². The molecule has 1 N–H and O–H groups in total. The topological polar surface area (TPSA) is 21.3 Å². The minimum atomic E-state index is -0.176. The first-order valence-corrected chi connectivity index (χ1v) is 3.75. The molecular formula is C9H13ClFNO. The number of rotatable bonds is 3. The van der Waals surface area contributed by atoms with Crippen LogP contribution in [0.5, 0.6) is 0 Å². The van der Waals surface area contributed by atoms with Crippen LogP contribution in [0.15, 0.2) is 18.2 Å². The zero-order valence-corrected chi connectivity index (χ0v) is 8.45. The first-order valence-electron chi connectivity index (χ1n) is 3.75. The van der Waals surface area contributed by atoms with E-state index < -0.39 is 0 Å². The van der Waals surface area contributed by atoms with Gasteiger partial charge in [-0.25, -0.2) is 4.39 Å². The lowest BCUT2D eigenvalue weighted by atomic mass is 10.1. The van der Waals surface area contributed by atoms with Crippen LogP contribution in [-0.4, -0.2) is 7.11 Å². The van der Waals surface area contributed by atoms with Crippen LogP contribution in [0.1, 0.15) is 11.1 Å². The molecular weight excluding hydrogens is 193 g/mol. The average Bonchev–Trinajstić information content (AvgIpc) is 2.08. The number of halogens is 2. The molecule has 0 amide bonds. The minimum absolute atomic E-state index is 0. The Hall–Kier alpha value is -0.640. The molecule has 0 heterocycles. The maximum absolute atomic E-state index is 12.9. The predicted molar refractivity (Wildman–Crippen MR) is 52.2 cm³/mol. The summed E-state index contributed by atoms with van der Waals surface area (Å²) in [6.07, 6.45) is 0. The quantitative estimate of drug-likeness (QED) is 0.764. The highest BCUT2D eigenvalue weighted by molar-refractivity contribution is 5.85. The Kier molecular flexibility index (Phi) is 5.62. The van der Waals surface area contributed by atoms with Gasteiger partial charge in [-0.15, -0.1) is 12.4 Å². The molecule has 0 saturated carbocycles. The van der Waals surface area contributed by atoms with Crippen LogP contribution in [0.4, 0.5) is 4.39 Å². The van der Waals surface area contributed by atoms with E-state index in [4.69, 9.17) is 0 Å². The van der Waals surface area contributed by atoms with Gasteiger partial charge in [0.15, 0.2) is 0 Å². The van der Waals surface area contributed by atoms with E-state index >= 15 is 0 Å². The van der Waals surface area contributed by atoms with E-state index in [1.54, 1.807) is 13.0 Å². The molecule has 0 atom stereocenters. The molecule has 1 aromatic rings. The van der Waals surface area contributed by atoms with Crippen molar-refractivity contribution in [1.82, 2.24) is 5.48 Å². The van der Waals surface area contributed by atoms with Crippen LogP contribution >= 0.6 is 12.4 Å². The van der Waals surface area contributed by atoms with E-state index in [1.807, 2.05) is 6.07 Å². The summed E-state index contributed by atoms with van der Waals surface area (Å²) in [5.41, 5.74) is 4.25. The number of hydrogen-bond acceptors (Lipinski definition) is 2. The molecule has 1 rings (SSSR count). The lowest BCUT2D eigenvalue weighted by Gasteiger charge is -2.05. The van der Waals surface area contributed by atoms with E-state index in [0.29, 0.717) is 12.1 Å². The molecule has 0 aliphatic heterocycles. The highest BCUT2D eigenvalue weighted by Gasteiger charge is 2.01. The number of benzene rings is 1. The number of hydroxylamine groups is 1. The van der Waals surface area contributed by atoms with Gasteiger partial charge in [0.05, 0.1) is 7.11 Å². The first-order chi connectivity index (χ1) is 5.75. The minimum Gasteiger partial charge on any atom is -0.305 e. The van der Waals surface area contributed by atoms with Gasteiger partial charge in [0.25, 0.3) is 0 Å². The van der Waals surface area contributed by atoms with Crippen LogP contribution in [0, 0.1) is 12.7 Å². The molecule has 0 unspecified atom stereocenters. The van der Waals surface area contributed by atoms with Crippen molar-refractivity contribution < 1.29 is 9.23 Å². The fraction of sp³-hybridized carbons (Fsp3) is 0.333. The van der Waals surface area contributed by atoms with Crippen molar-refractivity contribution in [3.63, 3.8) is 0 Å². The lowest BCUT2D eigenvalue weighted by molar-refractivity contribution is 0.0865. The third-order valence-corrected chi connectivity index (χ3v) is 1.79. The van der Waals surface area contributed by atoms with E-state index in [-0.39, 0.29) is 18.2 Å². The third-order valence-electron chi connectivity index (χ3n) is 1.79. The van der Waals surface area contributed by atoms with Crippen LogP contribution in [0.25, 0.3) is 0 Å². The Morgan fingerprint density at radius 2 is 2.15 bits per heavy atom. The SMILES string of the molecule is CONCc1cccc(F)c1C.Cl. The molecule has 13 heavy (non-hydrogen) atoms. The Balaban J connectivity index is 0.00000144. The zero-order chi connectivity index (χ0) is 8.97. The summed E-state index contributed by atoms with van der Waals surface area (Å²) in [4.78, 5) is 4.67. The van der Waals surface area contributed by atoms with Gasteiger partial charge in [0.1, 0.15) is 5.82 Å². The van der Waals surface area contributed by atoms with Crippen molar-refractivity contribution >= 4 is 12.4 Å². The number of nitrogens with one attached hydrogen (secondary N) is 1. The molecule has 0 radical (unpaired) electrons. The van der Waals surface area contributed by atoms with Crippen molar-refractivity contribution in [3.05, 3.63) is 35.1 Å². The van der Waals surface area contributed by atoms with Gasteiger partial charge in [-0.3, -0.25) is 0 Å². The van der Waals surface area contributed by atoms with Crippen molar-refractivity contribution in [2.24, 2.45) is 0 Å². The molecule has 0 bridgehead atoms. The molecule has 0 spiro atoms. The van der Waals surface area contributed by atoms with Crippen molar-refractivity contribution in [1.29, 1.82) is 0 Å². The summed E-state index contributed by atoms with van der Waals surface area (Å²) in [5.74, 6) is -0.176. The van der Waals surface area contributed by atoms with Gasteiger partial charge >= 0.3 is 0 Å². The van der Waals surface area contributed by atoms with E-state index in [9.17, 15) is 4.39 Å². The summed E-state index contributed by atoms with van der Waals surface area (Å²) >= 11 is 0. The van der Waals surface area contributed by atoms with Crippen LogP contribution < -0.4 is 5.48 Å². The maximum Gasteiger partial charge on any atom is 0.126 e. The van der Waals surface area contributed by atoms with Crippen LogP contribution in [-0.2, 0) is 11.4 Å². The van der Waals surface area contributed by atoms with Gasteiger partial charge in [0.2, 0.25) is 0 Å². The summed E-state index contributed by atoms with van der Waals surface area (Å²) in [5, 5.41) is 0. The van der Waals surface area contributed by atoms with Crippen LogP contribution in [0.2, 0.25) is 0 Å². The fourth-order valence-electron chi connectivity index (χ4n) is 0.994. The van der Waals surface area contributed by atoms with Crippen molar-refractivity contribution in [2.75, 3.05) is 7.11 Å². The van der Waals surface area contributed by atoms with Gasteiger partial charge in [-0.05, 0) is 24.1 Å². The fourth-order valence-corrected chi connectivity index (χ4v) is 0.994. The summed E-state index contributed by atoms with van der Waals surface area (Å²) < 4.78 is 12.9. The Morgan fingerprint density at radius 3 is 2.77 bits per heavy atom. The zero-order valence-electron chi connectivity index (χ0n) is 7.63. The molecule has 1 aromatic carbocycles. The van der Waals surface area contributed by atoms with Gasteiger partial charge in [-0.1, -0.05) is 12.1 Å². The molecule has 0 aliphatic rings. The summed E-state index contributed by atoms with van der Waals surface area (Å²) in [7, 11) is 1.54. The standard InChI is InChI=1S/C9H12FNO.ClH/c1-7-8(6-11-12-2)4-3-5-9(7)10;/h3-5,11H,6H2,1-2H3;1H. The Morgan fingerprint density at radius 1 is 1.46 bits per heavy atom. The second-order valence-corrected chi connectivity index (χ2v) is 2.55. The Bertz CT molecular complexity index is 268. The average molecular weight is 206 g/mol. The van der Waals surface area contributed by atoms with Crippen molar-refractivity contribution in [3.8, 4) is 0 Å². The lowest BCUT2D eigenvalue weighted by Crippen LogP contribution is -2.12. The highest BCUT2D eigenvalue weighted by atomic mass is 35.5. The smallest absolute Gasteiger partial charge is 0.126 e. The maximum atomic E-state index is 12.9. The van der Waals surface area contributed by atoms with Gasteiger partial charge in [0, 0.05) is 6.54 Å². The van der Waals surface area contributed by atoms with E-state index in [0.717, 1.165) is 5.56 Å². The molecule has 0 saturated heterocycles. The highest BCUT2D eigenvalue weighted by Crippen LogP contribution is 2.11. The summed E-state index contributed by atoms with van der Waals surface area (Å²) in [6, 6.07) is 5.01. The normalized spacial score (nSPS) is 9.46. The summed E-state index contributed by atoms with van der Waals surface area (Å²) in [6.45, 7) is 2.28. The predicted octanol–water partition coefficient (Wildman–Crippen LogP) is 2.21. The molecule has 0 aliphatic carbocycles. The second-order valence-electron chi connectivity index (χ2n) is 2.55. The molecule has 2 nitrogen and oxygen atoms in total. The molecule has 0 aromatic heterocycles. The molecule has 74 valence electrons.